The average Bonchev–Trinajstić information content (AvgIpc) is 2.69. The number of nitrogens with zero attached hydrogens (tertiary/aromatic N) is 1. The van der Waals surface area contributed by atoms with Crippen molar-refractivity contribution in [2.45, 2.75) is 129 Å². The summed E-state index contributed by atoms with van der Waals surface area (Å²) in [5.74, 6) is 0. The van der Waals surface area contributed by atoms with Gasteiger partial charge in [0, 0.05) is 0 Å². The number of nitrogens with two attached hydrogens (primary N) is 2. The molecule has 0 aliphatic rings. The fourth-order valence-corrected chi connectivity index (χ4v) is 3.73. The van der Waals surface area contributed by atoms with Crippen LogP contribution < -0.4 is 11.5 Å². The molecule has 0 bridgehead atoms. The van der Waals surface area contributed by atoms with E-state index in [1.54, 1.807) is 0 Å². The van der Waals surface area contributed by atoms with E-state index in [4.69, 9.17) is 11.5 Å². The van der Waals surface area contributed by atoms with Gasteiger partial charge in [0.15, 0.2) is 0 Å². The molecule has 3 nitrogen and oxygen atoms in total. The van der Waals surface area contributed by atoms with Crippen molar-refractivity contribution in [1.29, 1.82) is 0 Å². The van der Waals surface area contributed by atoms with Gasteiger partial charge in [0.1, 0.15) is 0 Å². The Morgan fingerprint density at radius 1 is 0.607 bits per heavy atom. The van der Waals surface area contributed by atoms with Crippen molar-refractivity contribution in [3.63, 3.8) is 0 Å². The standard InChI is InChI=1S/C25H53N3/c1-3-5-6-7-8-9-10-11-12-13-14-15-16-17-18-20-23-28(4-2)24-21-19-22-25(26)27/h11-12,25H,3-10,13-24,26-27H2,1-2H3/b12-11-. The highest BCUT2D eigenvalue weighted by Crippen LogP contribution is 2.10. The van der Waals surface area contributed by atoms with Crippen LogP contribution in [0.3, 0.4) is 0 Å². The SMILES string of the molecule is CCCCCCCC/C=C\CCCCCCCCN(CC)CCCCC(N)N. The largest absolute Gasteiger partial charge is 0.316 e. The van der Waals surface area contributed by atoms with Crippen LogP contribution in [-0.4, -0.2) is 30.7 Å². The van der Waals surface area contributed by atoms with Crippen LogP contribution in [-0.2, 0) is 0 Å². The van der Waals surface area contributed by atoms with Crippen LogP contribution in [0.4, 0.5) is 0 Å². The third-order valence-electron chi connectivity index (χ3n) is 5.70. The van der Waals surface area contributed by atoms with Crippen LogP contribution in [0.15, 0.2) is 12.2 Å². The second kappa shape index (κ2) is 22.9. The van der Waals surface area contributed by atoms with Gasteiger partial charge in [0.2, 0.25) is 0 Å². The minimum Gasteiger partial charge on any atom is -0.316 e. The van der Waals surface area contributed by atoms with E-state index in [9.17, 15) is 0 Å². The second-order valence-electron chi connectivity index (χ2n) is 8.53. The summed E-state index contributed by atoms with van der Waals surface area (Å²) >= 11 is 0. The number of allylic oxidation sites excluding steroid dienone is 2. The molecule has 0 spiro atoms. The molecule has 0 rings (SSSR count). The van der Waals surface area contributed by atoms with Crippen molar-refractivity contribution in [1.82, 2.24) is 4.90 Å². The average molecular weight is 396 g/mol. The molecule has 0 aliphatic carbocycles. The van der Waals surface area contributed by atoms with E-state index in [0.717, 1.165) is 12.8 Å². The highest BCUT2D eigenvalue weighted by atomic mass is 15.1. The van der Waals surface area contributed by atoms with Crippen molar-refractivity contribution in [3.05, 3.63) is 12.2 Å². The molecule has 0 atom stereocenters. The van der Waals surface area contributed by atoms with E-state index in [2.05, 4.69) is 30.9 Å². The first-order chi connectivity index (χ1) is 13.7. The van der Waals surface area contributed by atoms with Crippen molar-refractivity contribution >= 4 is 0 Å². The zero-order valence-corrected chi connectivity index (χ0v) is 19.5. The van der Waals surface area contributed by atoms with Crippen molar-refractivity contribution in [2.24, 2.45) is 11.5 Å². The number of rotatable bonds is 22. The molecule has 0 aromatic heterocycles. The van der Waals surface area contributed by atoms with Gasteiger partial charge in [-0.2, -0.15) is 0 Å². The van der Waals surface area contributed by atoms with Crippen LogP contribution in [0, 0.1) is 0 Å². The van der Waals surface area contributed by atoms with Gasteiger partial charge in [-0.15, -0.1) is 0 Å². The Hall–Kier alpha value is -0.380. The van der Waals surface area contributed by atoms with E-state index >= 15 is 0 Å². The predicted octanol–water partition coefficient (Wildman–Crippen LogP) is 6.76. The van der Waals surface area contributed by atoms with Crippen LogP contribution in [0.1, 0.15) is 123 Å². The fourth-order valence-electron chi connectivity index (χ4n) is 3.73. The third kappa shape index (κ3) is 21.9. The van der Waals surface area contributed by atoms with Gasteiger partial charge in [0.05, 0.1) is 6.17 Å². The predicted molar refractivity (Wildman–Crippen MR) is 128 cm³/mol. The Morgan fingerprint density at radius 2 is 1.07 bits per heavy atom. The number of hydrogen-bond acceptors (Lipinski definition) is 3. The lowest BCUT2D eigenvalue weighted by atomic mass is 10.1. The minimum atomic E-state index is -0.133. The summed E-state index contributed by atoms with van der Waals surface area (Å²) in [6, 6.07) is 0. The molecule has 0 unspecified atom stereocenters. The van der Waals surface area contributed by atoms with Gasteiger partial charge in [-0.3, -0.25) is 0 Å². The van der Waals surface area contributed by atoms with E-state index in [0.29, 0.717) is 0 Å². The van der Waals surface area contributed by atoms with Crippen LogP contribution in [0.5, 0.6) is 0 Å². The van der Waals surface area contributed by atoms with Gasteiger partial charge in [-0.05, 0) is 71.0 Å². The highest BCUT2D eigenvalue weighted by molar-refractivity contribution is 4.81. The summed E-state index contributed by atoms with van der Waals surface area (Å²) in [6.45, 7) is 8.18. The van der Waals surface area contributed by atoms with Crippen LogP contribution in [0.2, 0.25) is 0 Å². The summed E-state index contributed by atoms with van der Waals surface area (Å²) in [6.07, 6.45) is 27.4. The maximum absolute atomic E-state index is 5.61. The zero-order valence-electron chi connectivity index (χ0n) is 19.5. The third-order valence-corrected chi connectivity index (χ3v) is 5.70. The first-order valence-corrected chi connectivity index (χ1v) is 12.6. The molecule has 0 aromatic rings. The van der Waals surface area contributed by atoms with Crippen molar-refractivity contribution in [2.75, 3.05) is 19.6 Å². The second-order valence-corrected chi connectivity index (χ2v) is 8.53. The van der Waals surface area contributed by atoms with Gasteiger partial charge < -0.3 is 16.4 Å². The molecule has 28 heavy (non-hydrogen) atoms. The minimum absolute atomic E-state index is 0.133. The molecule has 0 saturated heterocycles. The number of unbranched alkanes of at least 4 members (excludes halogenated alkanes) is 13. The Kier molecular flexibility index (Phi) is 22.6. The molecular formula is C25H53N3. The molecule has 168 valence electrons. The molecule has 0 amide bonds. The lowest BCUT2D eigenvalue weighted by molar-refractivity contribution is 0.272. The first-order valence-electron chi connectivity index (χ1n) is 12.6. The molecule has 0 aliphatic heterocycles. The highest BCUT2D eigenvalue weighted by Gasteiger charge is 2.02. The summed E-state index contributed by atoms with van der Waals surface area (Å²) < 4.78 is 0. The topological polar surface area (TPSA) is 55.3 Å². The van der Waals surface area contributed by atoms with Gasteiger partial charge >= 0.3 is 0 Å². The summed E-state index contributed by atoms with van der Waals surface area (Å²) in [5.41, 5.74) is 11.2. The Morgan fingerprint density at radius 3 is 1.57 bits per heavy atom. The summed E-state index contributed by atoms with van der Waals surface area (Å²) in [4.78, 5) is 2.58. The molecule has 0 fully saturated rings. The monoisotopic (exact) mass is 395 g/mol. The zero-order chi connectivity index (χ0) is 20.7. The molecule has 0 saturated carbocycles. The van der Waals surface area contributed by atoms with Crippen molar-refractivity contribution in [3.8, 4) is 0 Å². The van der Waals surface area contributed by atoms with Crippen LogP contribution in [0.25, 0.3) is 0 Å². The summed E-state index contributed by atoms with van der Waals surface area (Å²) in [7, 11) is 0. The lowest BCUT2D eigenvalue weighted by Crippen LogP contribution is -2.30. The van der Waals surface area contributed by atoms with E-state index in [1.165, 1.54) is 116 Å². The number of hydrogen-bond donors (Lipinski definition) is 2. The first kappa shape index (κ1) is 27.6. The summed E-state index contributed by atoms with van der Waals surface area (Å²) in [5, 5.41) is 0. The Balaban J connectivity index is 3.30. The normalized spacial score (nSPS) is 12.1. The van der Waals surface area contributed by atoms with E-state index in [1.807, 2.05) is 0 Å². The molecule has 0 aromatic carbocycles. The van der Waals surface area contributed by atoms with Crippen LogP contribution >= 0.6 is 0 Å². The molecule has 0 radical (unpaired) electrons. The Bertz CT molecular complexity index is 315. The smallest absolute Gasteiger partial charge is 0.0520 e. The molecule has 4 N–H and O–H groups in total. The fraction of sp³-hybridized carbons (Fsp3) is 0.920. The lowest BCUT2D eigenvalue weighted by Gasteiger charge is -2.20. The quantitative estimate of drug-likeness (QED) is 0.121. The van der Waals surface area contributed by atoms with Gasteiger partial charge in [-0.25, -0.2) is 0 Å². The van der Waals surface area contributed by atoms with Gasteiger partial charge in [-0.1, -0.05) is 83.8 Å². The van der Waals surface area contributed by atoms with Gasteiger partial charge in [0.25, 0.3) is 0 Å². The van der Waals surface area contributed by atoms with E-state index in [-0.39, 0.29) is 6.17 Å². The maximum Gasteiger partial charge on any atom is 0.0520 e. The molecule has 0 heterocycles. The van der Waals surface area contributed by atoms with E-state index < -0.39 is 0 Å². The maximum atomic E-state index is 5.61. The molecule has 3 heteroatoms. The molecular weight excluding hydrogens is 342 g/mol. The Labute approximate surface area is 177 Å². The van der Waals surface area contributed by atoms with Crippen molar-refractivity contribution < 1.29 is 0 Å².